The van der Waals surface area contributed by atoms with Gasteiger partial charge in [0.2, 0.25) is 0 Å². The average molecular weight is 746 g/mol. The lowest BCUT2D eigenvalue weighted by molar-refractivity contribution is -0.0176. The molecule has 0 radical (unpaired) electrons. The normalized spacial score (nSPS) is 12.5. The lowest BCUT2D eigenvalue weighted by atomic mass is 10.3. The second kappa shape index (κ2) is 36.3. The molecule has 296 valence electrons. The number of unbranched alkanes of at least 4 members (excludes halogenated alkanes) is 1. The summed E-state index contributed by atoms with van der Waals surface area (Å²) in [5.74, 6) is 0. The van der Waals surface area contributed by atoms with E-state index in [1.165, 1.54) is 0 Å². The second-order valence-electron chi connectivity index (χ2n) is 11.0. The molecule has 0 saturated heterocycles. The summed E-state index contributed by atoms with van der Waals surface area (Å²) in [6.45, 7) is 27.1. The van der Waals surface area contributed by atoms with E-state index in [0.29, 0.717) is 112 Å². The van der Waals surface area contributed by atoms with Crippen molar-refractivity contribution in [2.24, 2.45) is 0 Å². The van der Waals surface area contributed by atoms with Crippen LogP contribution in [0.25, 0.3) is 0 Å². The number of rotatable bonds is 41. The van der Waals surface area contributed by atoms with Crippen LogP contribution >= 0.6 is 0 Å². The van der Waals surface area contributed by atoms with Crippen LogP contribution in [0.3, 0.4) is 0 Å². The van der Waals surface area contributed by atoms with E-state index < -0.39 is 17.6 Å². The van der Waals surface area contributed by atoms with Crippen LogP contribution in [0.2, 0.25) is 12.1 Å². The van der Waals surface area contributed by atoms with Crippen LogP contribution < -0.4 is 0 Å². The van der Waals surface area contributed by atoms with Crippen LogP contribution in [-0.2, 0) is 55.0 Å². The Morgan fingerprint density at radius 2 is 0.612 bits per heavy atom. The number of nitrogens with zero attached hydrogens (tertiary/aromatic N) is 1. The lowest BCUT2D eigenvalue weighted by Gasteiger charge is -2.31. The molecular weight excluding hydrogens is 671 g/mol. The predicted molar refractivity (Wildman–Crippen MR) is 196 cm³/mol. The zero-order valence-electron chi connectivity index (χ0n) is 32.4. The van der Waals surface area contributed by atoms with Gasteiger partial charge in [-0.2, -0.15) is 0 Å². The van der Waals surface area contributed by atoms with Gasteiger partial charge < -0.3 is 59.9 Å². The van der Waals surface area contributed by atoms with Crippen molar-refractivity contribution in [1.82, 2.24) is 4.90 Å². The highest BCUT2D eigenvalue weighted by molar-refractivity contribution is 6.61. The van der Waals surface area contributed by atoms with Crippen LogP contribution in [0.4, 0.5) is 0 Å². The molecule has 0 aromatic rings. The molecule has 0 fully saturated rings. The summed E-state index contributed by atoms with van der Waals surface area (Å²) in [4.78, 5) is 2.43. The molecule has 0 saturated carbocycles. The molecule has 0 bridgehead atoms. The Morgan fingerprint density at radius 1 is 0.327 bits per heavy atom. The van der Waals surface area contributed by atoms with Crippen molar-refractivity contribution in [2.45, 2.75) is 86.2 Å². The van der Waals surface area contributed by atoms with Gasteiger partial charge >= 0.3 is 17.6 Å². The van der Waals surface area contributed by atoms with Crippen LogP contribution in [0, 0.1) is 0 Å². The average Bonchev–Trinajstić information content (AvgIpc) is 3.08. The number of hydrogen-bond donors (Lipinski definition) is 0. The van der Waals surface area contributed by atoms with E-state index in [1.807, 2.05) is 41.5 Å². The third kappa shape index (κ3) is 28.1. The van der Waals surface area contributed by atoms with E-state index in [9.17, 15) is 0 Å². The molecule has 0 heterocycles. The summed E-state index contributed by atoms with van der Waals surface area (Å²) in [6, 6.07) is 1.56. The smallest absolute Gasteiger partial charge is 0.379 e. The van der Waals surface area contributed by atoms with Crippen LogP contribution in [0.5, 0.6) is 0 Å². The maximum absolute atomic E-state index is 6.07. The van der Waals surface area contributed by atoms with E-state index in [4.69, 9.17) is 55.0 Å². The molecule has 0 aliphatic rings. The van der Waals surface area contributed by atoms with Crippen molar-refractivity contribution in [1.29, 1.82) is 0 Å². The highest BCUT2D eigenvalue weighted by Crippen LogP contribution is 2.21. The molecular formula is C34H75NO12Si2. The Hall–Kier alpha value is -0.0862. The largest absolute Gasteiger partial charge is 0.500 e. The molecule has 49 heavy (non-hydrogen) atoms. The van der Waals surface area contributed by atoms with Crippen molar-refractivity contribution in [3.63, 3.8) is 0 Å². The molecule has 0 aromatic heterocycles. The second-order valence-corrected chi connectivity index (χ2v) is 16.5. The Labute approximate surface area is 301 Å². The van der Waals surface area contributed by atoms with Crippen LogP contribution in [0.1, 0.15) is 74.1 Å². The van der Waals surface area contributed by atoms with Gasteiger partial charge in [-0.05, 0) is 73.9 Å². The van der Waals surface area contributed by atoms with Gasteiger partial charge in [-0.1, -0.05) is 13.3 Å². The van der Waals surface area contributed by atoms with Crippen LogP contribution in [-0.4, -0.2) is 161 Å². The van der Waals surface area contributed by atoms with Gasteiger partial charge in [-0.25, -0.2) is 0 Å². The number of hydrogen-bond acceptors (Lipinski definition) is 13. The van der Waals surface area contributed by atoms with E-state index in [-0.39, 0.29) is 0 Å². The molecule has 0 aliphatic carbocycles. The Balaban J connectivity index is 4.42. The molecule has 0 aromatic carbocycles. The fraction of sp³-hybridized carbons (Fsp3) is 1.00. The zero-order chi connectivity index (χ0) is 36.2. The van der Waals surface area contributed by atoms with Crippen LogP contribution in [0.15, 0.2) is 0 Å². The van der Waals surface area contributed by atoms with Crippen molar-refractivity contribution in [3.8, 4) is 0 Å². The summed E-state index contributed by atoms with van der Waals surface area (Å²) in [5.41, 5.74) is 0. The van der Waals surface area contributed by atoms with E-state index >= 15 is 0 Å². The first-order valence-corrected chi connectivity index (χ1v) is 22.9. The summed E-state index contributed by atoms with van der Waals surface area (Å²) < 4.78 is 70.1. The van der Waals surface area contributed by atoms with Gasteiger partial charge in [0.15, 0.2) is 0 Å². The van der Waals surface area contributed by atoms with E-state index in [1.54, 1.807) is 0 Å². The van der Waals surface area contributed by atoms with Crippen molar-refractivity contribution >= 4 is 17.6 Å². The standard InChI is InChI=1S/C34H75NO12Si2/c1-8-15-21-36-23-25-38-27-29-40-31-32-41-30-28-39-26-24-37-22-20-35(18-16-33-48(42-9-2,43-10-3)44-11-4)19-17-34-49(45-12-5,46-13-6)47-14-7/h8-34H2,1-7H3. The molecule has 0 amide bonds. The number of ether oxygens (including phenoxy) is 6. The fourth-order valence-corrected chi connectivity index (χ4v) is 10.2. The molecule has 0 spiro atoms. The zero-order valence-corrected chi connectivity index (χ0v) is 34.4. The van der Waals surface area contributed by atoms with Gasteiger partial charge in [-0.15, -0.1) is 0 Å². The van der Waals surface area contributed by atoms with Gasteiger partial charge in [0.05, 0.1) is 72.7 Å². The predicted octanol–water partition coefficient (Wildman–Crippen LogP) is 5.07. The Bertz CT molecular complexity index is 609. The summed E-state index contributed by atoms with van der Waals surface area (Å²) in [7, 11) is -5.38. The molecule has 0 aliphatic heterocycles. The topological polar surface area (TPSA) is 114 Å². The Kier molecular flexibility index (Phi) is 36.2. The molecule has 0 rings (SSSR count). The highest BCUT2D eigenvalue weighted by atomic mass is 28.4. The third-order valence-electron chi connectivity index (χ3n) is 7.15. The molecule has 0 unspecified atom stereocenters. The van der Waals surface area contributed by atoms with Gasteiger partial charge in [-0.3, -0.25) is 0 Å². The Morgan fingerprint density at radius 3 is 0.898 bits per heavy atom. The van der Waals surface area contributed by atoms with Gasteiger partial charge in [0.1, 0.15) is 0 Å². The molecule has 13 nitrogen and oxygen atoms in total. The van der Waals surface area contributed by atoms with E-state index in [0.717, 1.165) is 64.0 Å². The van der Waals surface area contributed by atoms with Crippen molar-refractivity contribution in [3.05, 3.63) is 0 Å². The first-order valence-electron chi connectivity index (χ1n) is 19.0. The first kappa shape index (κ1) is 48.9. The fourth-order valence-electron chi connectivity index (χ4n) is 5.02. The molecule has 15 heteroatoms. The summed E-state index contributed by atoms with van der Waals surface area (Å²) in [6.07, 6.45) is 4.06. The quantitative estimate of drug-likeness (QED) is 0.0614. The summed E-state index contributed by atoms with van der Waals surface area (Å²) in [5, 5.41) is 0. The molecule has 0 atom stereocenters. The highest BCUT2D eigenvalue weighted by Gasteiger charge is 2.41. The minimum atomic E-state index is -2.69. The van der Waals surface area contributed by atoms with Crippen molar-refractivity contribution < 1.29 is 55.0 Å². The SMILES string of the molecule is CCCCOCCOCCOCCOCCOCCOCCN(CCC[Si](OCC)(OCC)OCC)CCC[Si](OCC)(OCC)OCC. The van der Waals surface area contributed by atoms with Crippen molar-refractivity contribution in [2.75, 3.05) is 139 Å². The minimum absolute atomic E-state index is 0.521. The minimum Gasteiger partial charge on any atom is -0.379 e. The maximum Gasteiger partial charge on any atom is 0.500 e. The first-order chi connectivity index (χ1) is 24.0. The third-order valence-corrected chi connectivity index (χ3v) is 13.5. The van der Waals surface area contributed by atoms with Gasteiger partial charge in [0, 0.05) is 64.9 Å². The van der Waals surface area contributed by atoms with E-state index in [2.05, 4.69) is 11.8 Å². The monoisotopic (exact) mass is 745 g/mol. The van der Waals surface area contributed by atoms with Gasteiger partial charge in [0.25, 0.3) is 0 Å². The molecule has 0 N–H and O–H groups in total. The summed E-state index contributed by atoms with van der Waals surface area (Å²) >= 11 is 0. The lowest BCUT2D eigenvalue weighted by Crippen LogP contribution is -2.47. The maximum atomic E-state index is 6.07.